The number of benzene rings is 2. The van der Waals surface area contributed by atoms with Gasteiger partial charge in [0.2, 0.25) is 0 Å². The van der Waals surface area contributed by atoms with Crippen molar-refractivity contribution in [3.8, 4) is 0 Å². The summed E-state index contributed by atoms with van der Waals surface area (Å²) in [5, 5.41) is 12.0. The van der Waals surface area contributed by atoms with Gasteiger partial charge >= 0.3 is 12.1 Å². The van der Waals surface area contributed by atoms with Crippen LogP contribution < -0.4 is 21.3 Å². The molecule has 0 heterocycles. The van der Waals surface area contributed by atoms with E-state index >= 15 is 0 Å². The van der Waals surface area contributed by atoms with E-state index in [-0.39, 0.29) is 12.1 Å². The van der Waals surface area contributed by atoms with Gasteiger partial charge in [-0.15, -0.1) is 0 Å². The number of hydrogen-bond acceptors (Lipinski definition) is 4. The summed E-state index contributed by atoms with van der Waals surface area (Å²) >= 11 is 0. The predicted molar refractivity (Wildman–Crippen MR) is 210 cm³/mol. The number of rotatable bonds is 28. The number of nitrogens with zero attached hydrogens (tertiary/aromatic N) is 2. The fourth-order valence-corrected chi connectivity index (χ4v) is 5.97. The van der Waals surface area contributed by atoms with Crippen molar-refractivity contribution in [3.63, 3.8) is 0 Å². The lowest BCUT2D eigenvalue weighted by atomic mass is 10.0. The summed E-state index contributed by atoms with van der Waals surface area (Å²) in [5.74, 6) is 0. The molecule has 2 aromatic carbocycles. The molecule has 0 radical (unpaired) electrons. The van der Waals surface area contributed by atoms with Crippen LogP contribution in [-0.2, 0) is 6.42 Å². The molecule has 0 saturated carbocycles. The average Bonchev–Trinajstić information content (AvgIpc) is 3.10. The third-order valence-corrected chi connectivity index (χ3v) is 9.07. The van der Waals surface area contributed by atoms with Crippen LogP contribution in [-0.4, -0.2) is 74.2 Å². The number of hydrogen-bond donors (Lipinski definition) is 4. The van der Waals surface area contributed by atoms with Crippen molar-refractivity contribution in [2.45, 2.75) is 124 Å². The summed E-state index contributed by atoms with van der Waals surface area (Å²) in [4.78, 5) is 30.1. The highest BCUT2D eigenvalue weighted by molar-refractivity contribution is 5.89. The minimum Gasteiger partial charge on any atom is -0.337 e. The Morgan fingerprint density at radius 2 is 0.796 bits per heavy atom. The van der Waals surface area contributed by atoms with Crippen LogP contribution in [0.1, 0.15) is 129 Å². The SMILES string of the molecule is CCCCCCCN(CCCC)CCNC(=O)Nc1ccc(Cc2ccc(NC(=O)NCCN(CCCC)CCCCCCC)cc2)cc1. The molecule has 0 aliphatic heterocycles. The highest BCUT2D eigenvalue weighted by Gasteiger charge is 2.09. The zero-order valence-electron chi connectivity index (χ0n) is 31.6. The molecule has 4 amide bonds. The van der Waals surface area contributed by atoms with Crippen LogP contribution >= 0.6 is 0 Å². The number of carbonyl (C=O) groups is 2. The molecule has 0 unspecified atom stereocenters. The maximum Gasteiger partial charge on any atom is 0.319 e. The van der Waals surface area contributed by atoms with Gasteiger partial charge in [0.05, 0.1) is 0 Å². The van der Waals surface area contributed by atoms with E-state index in [4.69, 9.17) is 0 Å². The van der Waals surface area contributed by atoms with Gasteiger partial charge in [-0.2, -0.15) is 0 Å². The second kappa shape index (κ2) is 27.7. The molecule has 49 heavy (non-hydrogen) atoms. The van der Waals surface area contributed by atoms with Crippen molar-refractivity contribution in [1.29, 1.82) is 0 Å². The van der Waals surface area contributed by atoms with Crippen molar-refractivity contribution in [2.75, 3.05) is 63.0 Å². The molecule has 0 fully saturated rings. The molecule has 2 aromatic rings. The van der Waals surface area contributed by atoms with E-state index in [1.54, 1.807) is 0 Å². The Kier molecular flexibility index (Phi) is 23.8. The van der Waals surface area contributed by atoms with Gasteiger partial charge in [-0.1, -0.05) is 116 Å². The van der Waals surface area contributed by atoms with Crippen LogP contribution in [0.5, 0.6) is 0 Å². The van der Waals surface area contributed by atoms with E-state index in [0.717, 1.165) is 68.2 Å². The molecular formula is C41H70N6O2. The van der Waals surface area contributed by atoms with Gasteiger partial charge in [0.1, 0.15) is 0 Å². The topological polar surface area (TPSA) is 88.7 Å². The van der Waals surface area contributed by atoms with Crippen LogP contribution in [0, 0.1) is 0 Å². The molecule has 276 valence electrons. The normalized spacial score (nSPS) is 11.2. The minimum atomic E-state index is -0.162. The minimum absolute atomic E-state index is 0.162. The largest absolute Gasteiger partial charge is 0.337 e. The van der Waals surface area contributed by atoms with E-state index in [1.807, 2.05) is 24.3 Å². The van der Waals surface area contributed by atoms with Gasteiger partial charge < -0.3 is 31.1 Å². The number of urea groups is 2. The van der Waals surface area contributed by atoms with Crippen LogP contribution in [0.3, 0.4) is 0 Å². The number of amides is 4. The van der Waals surface area contributed by atoms with E-state index in [2.05, 4.69) is 83.0 Å². The van der Waals surface area contributed by atoms with E-state index in [9.17, 15) is 9.59 Å². The summed E-state index contributed by atoms with van der Waals surface area (Å²) in [5.41, 5.74) is 3.89. The lowest BCUT2D eigenvalue weighted by molar-refractivity contribution is 0.241. The van der Waals surface area contributed by atoms with Gasteiger partial charge in [0, 0.05) is 37.6 Å². The van der Waals surface area contributed by atoms with Crippen molar-refractivity contribution in [2.24, 2.45) is 0 Å². The summed E-state index contributed by atoms with van der Waals surface area (Å²) < 4.78 is 0. The van der Waals surface area contributed by atoms with Crippen molar-refractivity contribution in [3.05, 3.63) is 59.7 Å². The third kappa shape index (κ3) is 20.9. The number of anilines is 2. The van der Waals surface area contributed by atoms with Gasteiger partial charge in [0.25, 0.3) is 0 Å². The Balaban J connectivity index is 1.70. The summed E-state index contributed by atoms with van der Waals surface area (Å²) in [7, 11) is 0. The van der Waals surface area contributed by atoms with Gasteiger partial charge in [-0.3, -0.25) is 0 Å². The fourth-order valence-electron chi connectivity index (χ4n) is 5.97. The predicted octanol–water partition coefficient (Wildman–Crippen LogP) is 9.67. The van der Waals surface area contributed by atoms with Gasteiger partial charge in [-0.25, -0.2) is 9.59 Å². The second-order valence-electron chi connectivity index (χ2n) is 13.6. The molecule has 0 aliphatic rings. The summed E-state index contributed by atoms with van der Waals surface area (Å²) in [6.45, 7) is 16.4. The van der Waals surface area contributed by atoms with E-state index in [1.165, 1.54) is 89.9 Å². The summed E-state index contributed by atoms with van der Waals surface area (Å²) in [6.07, 6.45) is 18.4. The van der Waals surface area contributed by atoms with Crippen molar-refractivity contribution < 1.29 is 9.59 Å². The van der Waals surface area contributed by atoms with Crippen LogP contribution in [0.15, 0.2) is 48.5 Å². The molecule has 8 nitrogen and oxygen atoms in total. The van der Waals surface area contributed by atoms with Gasteiger partial charge in [-0.05, 0) is 93.7 Å². The number of nitrogens with one attached hydrogen (secondary N) is 4. The van der Waals surface area contributed by atoms with Crippen molar-refractivity contribution in [1.82, 2.24) is 20.4 Å². The highest BCUT2D eigenvalue weighted by Crippen LogP contribution is 2.16. The molecule has 0 bridgehead atoms. The average molecular weight is 679 g/mol. The zero-order valence-corrected chi connectivity index (χ0v) is 31.6. The quantitative estimate of drug-likeness (QED) is 0.0675. The molecular weight excluding hydrogens is 608 g/mol. The Hall–Kier alpha value is -3.10. The first-order valence-corrected chi connectivity index (χ1v) is 19.7. The zero-order chi connectivity index (χ0) is 35.4. The number of unbranched alkanes of at least 4 members (excludes halogenated alkanes) is 10. The second-order valence-corrected chi connectivity index (χ2v) is 13.6. The highest BCUT2D eigenvalue weighted by atomic mass is 16.2. The maximum atomic E-state index is 12.5. The molecule has 0 atom stereocenters. The monoisotopic (exact) mass is 679 g/mol. The van der Waals surface area contributed by atoms with E-state index < -0.39 is 0 Å². The molecule has 0 aliphatic carbocycles. The fraction of sp³-hybridized carbons (Fsp3) is 0.659. The third-order valence-electron chi connectivity index (χ3n) is 9.07. The lowest BCUT2D eigenvalue weighted by Crippen LogP contribution is -2.37. The maximum absolute atomic E-state index is 12.5. The Morgan fingerprint density at radius 1 is 0.449 bits per heavy atom. The molecule has 0 saturated heterocycles. The first-order valence-electron chi connectivity index (χ1n) is 19.7. The molecule has 0 spiro atoms. The lowest BCUT2D eigenvalue weighted by Gasteiger charge is -2.22. The molecule has 8 heteroatoms. The Bertz CT molecular complexity index is 1020. The number of carbonyl (C=O) groups excluding carboxylic acids is 2. The molecule has 4 N–H and O–H groups in total. The Labute approximate surface area is 299 Å². The first kappa shape index (κ1) is 42.1. The van der Waals surface area contributed by atoms with E-state index in [0.29, 0.717) is 13.1 Å². The molecule has 2 rings (SSSR count). The first-order chi connectivity index (χ1) is 24.0. The van der Waals surface area contributed by atoms with Crippen LogP contribution in [0.4, 0.5) is 21.0 Å². The standard InChI is InChI=1S/C41H70N6O2/c1-5-9-13-15-17-31-46(29-11-7-3)33-27-42-40(48)44-38-23-19-36(20-24-38)35-37-21-25-39(26-22-37)45-41(49)43-28-34-47(30-12-8-4)32-18-16-14-10-6-2/h19-26H,5-18,27-35H2,1-4H3,(H2,42,44,48)(H2,43,45,49). The summed E-state index contributed by atoms with van der Waals surface area (Å²) in [6, 6.07) is 15.7. The van der Waals surface area contributed by atoms with Gasteiger partial charge in [0.15, 0.2) is 0 Å². The van der Waals surface area contributed by atoms with Crippen LogP contribution in [0.25, 0.3) is 0 Å². The smallest absolute Gasteiger partial charge is 0.319 e. The van der Waals surface area contributed by atoms with Crippen LogP contribution in [0.2, 0.25) is 0 Å². The van der Waals surface area contributed by atoms with Crippen molar-refractivity contribution >= 4 is 23.4 Å². The Morgan fingerprint density at radius 3 is 1.16 bits per heavy atom. The molecule has 0 aromatic heterocycles.